The lowest BCUT2D eigenvalue weighted by molar-refractivity contribution is -0.435. The Hall–Kier alpha value is -5.57. The Labute approximate surface area is 278 Å². The zero-order chi connectivity index (χ0) is 34.2. The van der Waals surface area contributed by atoms with Gasteiger partial charge in [0.1, 0.15) is 13.0 Å². The van der Waals surface area contributed by atoms with Gasteiger partial charge in [-0.25, -0.2) is 0 Å². The molecule has 2 aliphatic heterocycles. The Bertz CT molecular complexity index is 2100. The molecule has 0 fully saturated rings. The number of nitro groups is 1. The molecule has 244 valence electrons. The molecule has 1 N–H and O–H groups in total. The van der Waals surface area contributed by atoms with E-state index in [4.69, 9.17) is 4.74 Å². The first kappa shape index (κ1) is 32.4. The van der Waals surface area contributed by atoms with Crippen LogP contribution in [0.3, 0.4) is 0 Å². The van der Waals surface area contributed by atoms with Crippen molar-refractivity contribution in [3.8, 4) is 0 Å². The number of rotatable bonds is 11. The number of hydrogen-bond donors (Lipinski definition) is 1. The summed E-state index contributed by atoms with van der Waals surface area (Å²) in [4.78, 5) is 35.9. The van der Waals surface area contributed by atoms with Gasteiger partial charge in [0.05, 0.1) is 22.3 Å². The fourth-order valence-corrected chi connectivity index (χ4v) is 7.43. The van der Waals surface area contributed by atoms with Crippen LogP contribution in [0.25, 0.3) is 21.5 Å². The second-order valence-corrected chi connectivity index (χ2v) is 13.1. The summed E-state index contributed by atoms with van der Waals surface area (Å²) < 4.78 is 7.17. The fourth-order valence-electron chi connectivity index (χ4n) is 7.43. The molecule has 4 aromatic carbocycles. The van der Waals surface area contributed by atoms with Crippen molar-refractivity contribution in [2.45, 2.75) is 44.9 Å². The monoisotopic (exact) mass is 644 g/mol. The molecular formula is C39H38N3O6+. The van der Waals surface area contributed by atoms with E-state index in [-0.39, 0.29) is 18.7 Å². The van der Waals surface area contributed by atoms with E-state index in [2.05, 4.69) is 60.9 Å². The molecule has 0 aliphatic carbocycles. The lowest BCUT2D eigenvalue weighted by Crippen LogP contribution is -2.29. The molecule has 0 saturated heterocycles. The molecule has 0 spiro atoms. The van der Waals surface area contributed by atoms with Crippen molar-refractivity contribution in [1.29, 1.82) is 0 Å². The number of ether oxygens (including phenoxy) is 1. The summed E-state index contributed by atoms with van der Waals surface area (Å²) in [6.45, 7) is 9.74. The number of carbonyl (C=O) groups excluding carboxylic acids is 1. The normalized spacial score (nSPS) is 17.2. The third-order valence-electron chi connectivity index (χ3n) is 9.60. The van der Waals surface area contributed by atoms with Gasteiger partial charge in [-0.2, -0.15) is 4.58 Å². The topological polar surface area (TPSA) is 113 Å². The molecule has 4 aromatic rings. The van der Waals surface area contributed by atoms with Gasteiger partial charge in [0.15, 0.2) is 12.3 Å². The first-order valence-corrected chi connectivity index (χ1v) is 16.0. The van der Waals surface area contributed by atoms with Crippen LogP contribution in [0.5, 0.6) is 0 Å². The number of fused-ring (bicyclic) bond motifs is 7. The summed E-state index contributed by atoms with van der Waals surface area (Å²) in [6.07, 6.45) is 9.88. The van der Waals surface area contributed by atoms with Crippen molar-refractivity contribution >= 4 is 56.8 Å². The number of aliphatic carboxylic acids is 1. The largest absolute Gasteiger partial charge is 0.481 e. The summed E-state index contributed by atoms with van der Waals surface area (Å²) in [5.74, 6) is -0.852. The average Bonchev–Trinajstić information content (AvgIpc) is 3.42. The van der Waals surface area contributed by atoms with E-state index >= 15 is 0 Å². The van der Waals surface area contributed by atoms with E-state index in [1.54, 1.807) is 12.1 Å². The number of benzene rings is 4. The minimum Gasteiger partial charge on any atom is -0.481 e. The maximum absolute atomic E-state index is 11.8. The Balaban J connectivity index is 1.40. The molecule has 0 saturated carbocycles. The quantitative estimate of drug-likeness (QED) is 0.0338. The minimum absolute atomic E-state index is 0.00654. The van der Waals surface area contributed by atoms with Crippen LogP contribution in [0.1, 0.15) is 45.2 Å². The molecule has 0 unspecified atom stereocenters. The highest BCUT2D eigenvalue weighted by Crippen LogP contribution is 2.50. The van der Waals surface area contributed by atoms with Crippen molar-refractivity contribution < 1.29 is 28.9 Å². The average molecular weight is 645 g/mol. The van der Waals surface area contributed by atoms with Crippen LogP contribution >= 0.6 is 0 Å². The summed E-state index contributed by atoms with van der Waals surface area (Å²) in [5, 5.41) is 25.8. The third kappa shape index (κ3) is 5.45. The van der Waals surface area contributed by atoms with E-state index in [9.17, 15) is 24.8 Å². The first-order valence-electron chi connectivity index (χ1n) is 16.0. The summed E-state index contributed by atoms with van der Waals surface area (Å²) in [7, 11) is 0. The van der Waals surface area contributed by atoms with Crippen molar-refractivity contribution in [1.82, 2.24) is 0 Å². The van der Waals surface area contributed by atoms with Gasteiger partial charge >= 0.3 is 5.97 Å². The van der Waals surface area contributed by atoms with Crippen LogP contribution in [0, 0.1) is 10.1 Å². The number of allylic oxidation sites excluding steroid dienone is 6. The molecule has 0 atom stereocenters. The van der Waals surface area contributed by atoms with E-state index < -0.39 is 21.7 Å². The highest BCUT2D eigenvalue weighted by molar-refractivity contribution is 6.18. The van der Waals surface area contributed by atoms with Crippen LogP contribution in [0.4, 0.5) is 17.1 Å². The van der Waals surface area contributed by atoms with Crippen molar-refractivity contribution in [3.63, 3.8) is 0 Å². The Morgan fingerprint density at radius 3 is 2.27 bits per heavy atom. The molecule has 0 radical (unpaired) electrons. The molecule has 48 heavy (non-hydrogen) atoms. The summed E-state index contributed by atoms with van der Waals surface area (Å²) in [6, 6.07) is 21.6. The third-order valence-corrected chi connectivity index (χ3v) is 9.60. The summed E-state index contributed by atoms with van der Waals surface area (Å²) >= 11 is 0. The number of nitro benzene ring substituents is 1. The van der Waals surface area contributed by atoms with Crippen LogP contribution in [0.2, 0.25) is 0 Å². The van der Waals surface area contributed by atoms with Crippen LogP contribution in [-0.4, -0.2) is 52.5 Å². The van der Waals surface area contributed by atoms with E-state index in [1.165, 1.54) is 17.0 Å². The van der Waals surface area contributed by atoms with Gasteiger partial charge in [-0.05, 0) is 53.8 Å². The molecule has 0 amide bonds. The zero-order valence-corrected chi connectivity index (χ0v) is 27.5. The molecular weight excluding hydrogens is 606 g/mol. The highest BCUT2D eigenvalue weighted by Gasteiger charge is 2.47. The predicted octanol–water partition coefficient (Wildman–Crippen LogP) is 7.72. The number of carboxylic acids is 1. The van der Waals surface area contributed by atoms with E-state index in [0.717, 1.165) is 44.5 Å². The van der Waals surface area contributed by atoms with Gasteiger partial charge in [0.25, 0.3) is 12.2 Å². The standard InChI is InChI=1S/C39H37N3O6/c1-38(2)31-24-26(42(46)47)18-19-32(31)40(22-23-48-25-43)33(38)16-6-5-7-17-34-39(3,4)36-29-14-10-8-12-27(29)28-13-9-11-15-30(28)37(36)41(34)21-20-35(44)45/h5-19,24-25H,20-23H2,1-4H3/p+1. The van der Waals surface area contributed by atoms with Gasteiger partial charge in [-0.15, -0.1) is 0 Å². The number of non-ortho nitro benzene ring substituents is 1. The molecule has 6 rings (SSSR count). The maximum atomic E-state index is 11.8. The molecule has 9 heteroatoms. The predicted molar refractivity (Wildman–Crippen MR) is 188 cm³/mol. The number of nitrogens with zero attached hydrogens (tertiary/aromatic N) is 3. The van der Waals surface area contributed by atoms with Crippen molar-refractivity contribution in [2.75, 3.05) is 24.6 Å². The minimum atomic E-state index is -0.852. The maximum Gasteiger partial charge on any atom is 0.309 e. The second-order valence-electron chi connectivity index (χ2n) is 13.1. The Morgan fingerprint density at radius 2 is 1.60 bits per heavy atom. The Morgan fingerprint density at radius 1 is 0.938 bits per heavy atom. The Kier molecular flexibility index (Phi) is 8.47. The number of carbonyl (C=O) groups is 2. The fraction of sp³-hybridized carbons (Fsp3) is 0.256. The smallest absolute Gasteiger partial charge is 0.309 e. The van der Waals surface area contributed by atoms with Crippen molar-refractivity contribution in [3.05, 3.63) is 124 Å². The van der Waals surface area contributed by atoms with Crippen LogP contribution in [-0.2, 0) is 25.2 Å². The van der Waals surface area contributed by atoms with Gasteiger partial charge in [0.2, 0.25) is 5.69 Å². The number of hydrogen-bond acceptors (Lipinski definition) is 6. The molecule has 0 bridgehead atoms. The van der Waals surface area contributed by atoms with Gasteiger partial charge in [-0.3, -0.25) is 19.7 Å². The van der Waals surface area contributed by atoms with Crippen molar-refractivity contribution in [2.24, 2.45) is 0 Å². The highest BCUT2D eigenvalue weighted by atomic mass is 16.6. The van der Waals surface area contributed by atoms with Crippen LogP contribution in [0.15, 0.2) is 103 Å². The lowest BCUT2D eigenvalue weighted by atomic mass is 9.78. The second kappa shape index (κ2) is 12.6. The van der Waals surface area contributed by atoms with Gasteiger partial charge < -0.3 is 14.7 Å². The van der Waals surface area contributed by atoms with E-state index in [1.807, 2.05) is 55.2 Å². The van der Waals surface area contributed by atoms with Crippen LogP contribution < -0.4 is 4.90 Å². The number of carboxylic acid groups (broad SMARTS) is 1. The molecule has 2 aliphatic rings. The summed E-state index contributed by atoms with van der Waals surface area (Å²) in [5.41, 5.74) is 4.88. The van der Waals surface area contributed by atoms with Gasteiger partial charge in [-0.1, -0.05) is 74.5 Å². The first-order chi connectivity index (χ1) is 23.0. The zero-order valence-electron chi connectivity index (χ0n) is 27.5. The lowest BCUT2D eigenvalue weighted by Gasteiger charge is -2.26. The van der Waals surface area contributed by atoms with Gasteiger partial charge in [0, 0.05) is 40.6 Å². The number of anilines is 1. The molecule has 2 heterocycles. The molecule has 9 nitrogen and oxygen atoms in total. The molecule has 0 aromatic heterocycles. The SMILES string of the molecule is CC1(C)C(/C=C/C=C/C=C2\N(CCOC=O)c3ccc([N+](=O)[O-])cc3C2(C)C)=[N+](CCC(=O)O)c2c1c1ccccc1c1ccccc21. The van der Waals surface area contributed by atoms with E-state index in [0.29, 0.717) is 19.6 Å².